The van der Waals surface area contributed by atoms with Gasteiger partial charge in [-0.25, -0.2) is 0 Å². The second-order valence-electron chi connectivity index (χ2n) is 4.35. The van der Waals surface area contributed by atoms with Gasteiger partial charge in [-0.3, -0.25) is 4.79 Å². The van der Waals surface area contributed by atoms with E-state index in [1.807, 2.05) is 0 Å². The number of hydrogen-bond donors (Lipinski definition) is 3. The molecule has 0 saturated heterocycles. The summed E-state index contributed by atoms with van der Waals surface area (Å²) in [6.45, 7) is 2.42. The molecule has 17 heavy (non-hydrogen) atoms. The maximum absolute atomic E-state index is 11.7. The van der Waals surface area contributed by atoms with E-state index in [0.717, 1.165) is 18.6 Å². The first-order valence-corrected chi connectivity index (χ1v) is 6.96. The molecule has 5 heteroatoms. The zero-order valence-electron chi connectivity index (χ0n) is 9.90. The summed E-state index contributed by atoms with van der Waals surface area (Å²) in [6.07, 6.45) is 3.52. The minimum Gasteiger partial charge on any atom is -0.387 e. The fourth-order valence-electron chi connectivity index (χ4n) is 2.04. The van der Waals surface area contributed by atoms with Crippen LogP contribution in [-0.2, 0) is 0 Å². The molecule has 4 nitrogen and oxygen atoms in total. The van der Waals surface area contributed by atoms with Crippen LogP contribution in [0.25, 0.3) is 0 Å². The Morgan fingerprint density at radius 1 is 1.76 bits per heavy atom. The fourth-order valence-corrected chi connectivity index (χ4v) is 3.24. The van der Waals surface area contributed by atoms with Crippen molar-refractivity contribution < 1.29 is 9.90 Å². The Balaban J connectivity index is 1.84. The summed E-state index contributed by atoms with van der Waals surface area (Å²) in [7, 11) is 0. The van der Waals surface area contributed by atoms with Crippen molar-refractivity contribution in [2.75, 3.05) is 12.3 Å². The van der Waals surface area contributed by atoms with Crippen molar-refractivity contribution >= 4 is 17.7 Å². The highest BCUT2D eigenvalue weighted by Crippen LogP contribution is 2.40. The number of nitrogens with one attached hydrogen (secondary N) is 2. The number of rotatable bonds is 5. The van der Waals surface area contributed by atoms with E-state index < -0.39 is 5.60 Å². The Morgan fingerprint density at radius 3 is 3.12 bits per heavy atom. The molecule has 1 amide bonds. The molecule has 0 spiro atoms. The first-order chi connectivity index (χ1) is 8.15. The topological polar surface area (TPSA) is 65.1 Å². The average molecular weight is 254 g/mol. The highest BCUT2D eigenvalue weighted by molar-refractivity contribution is 8.00. The Kier molecular flexibility index (Phi) is 3.79. The number of H-pyrrole nitrogens is 1. The van der Waals surface area contributed by atoms with Crippen LogP contribution in [0.4, 0.5) is 0 Å². The highest BCUT2D eigenvalue weighted by atomic mass is 32.2. The van der Waals surface area contributed by atoms with E-state index in [-0.39, 0.29) is 11.2 Å². The molecule has 1 aromatic rings. The van der Waals surface area contributed by atoms with Crippen molar-refractivity contribution in [2.24, 2.45) is 0 Å². The molecule has 2 atom stereocenters. The lowest BCUT2D eigenvalue weighted by Crippen LogP contribution is -2.57. The molecule has 2 rings (SSSR count). The Morgan fingerprint density at radius 2 is 2.59 bits per heavy atom. The number of thioether (sulfide) groups is 1. The van der Waals surface area contributed by atoms with Gasteiger partial charge in [0, 0.05) is 18.0 Å². The number of carbonyl (C=O) groups is 1. The Hall–Kier alpha value is -0.940. The lowest BCUT2D eigenvalue weighted by molar-refractivity contribution is -0.0222. The van der Waals surface area contributed by atoms with Gasteiger partial charge >= 0.3 is 0 Å². The van der Waals surface area contributed by atoms with Gasteiger partial charge in [0.05, 0.1) is 5.60 Å². The molecular weight excluding hydrogens is 236 g/mol. The smallest absolute Gasteiger partial charge is 0.267 e. The van der Waals surface area contributed by atoms with Gasteiger partial charge < -0.3 is 15.4 Å². The van der Waals surface area contributed by atoms with Gasteiger partial charge in [-0.1, -0.05) is 6.92 Å². The predicted molar refractivity (Wildman–Crippen MR) is 69.2 cm³/mol. The van der Waals surface area contributed by atoms with Gasteiger partial charge in [0.1, 0.15) is 5.69 Å². The van der Waals surface area contributed by atoms with Gasteiger partial charge in [0.15, 0.2) is 0 Å². The van der Waals surface area contributed by atoms with E-state index in [1.54, 1.807) is 30.1 Å². The largest absolute Gasteiger partial charge is 0.387 e. The van der Waals surface area contributed by atoms with Crippen LogP contribution in [0.1, 0.15) is 30.3 Å². The third-order valence-electron chi connectivity index (χ3n) is 3.20. The zero-order chi connectivity index (χ0) is 12.3. The van der Waals surface area contributed by atoms with Gasteiger partial charge in [0.2, 0.25) is 0 Å². The standard InChI is InChI=1S/C12H18N2O2S/c1-2-17-10-5-6-12(10,16)8-14-11(15)9-4-3-7-13-9/h3-4,7,10,13,16H,2,5-6,8H2,1H3,(H,14,15). The van der Waals surface area contributed by atoms with Gasteiger partial charge in [0.25, 0.3) is 5.91 Å². The van der Waals surface area contributed by atoms with Crippen molar-refractivity contribution in [3.63, 3.8) is 0 Å². The van der Waals surface area contributed by atoms with E-state index in [4.69, 9.17) is 0 Å². The maximum atomic E-state index is 11.7. The monoisotopic (exact) mass is 254 g/mol. The number of hydrogen-bond acceptors (Lipinski definition) is 3. The summed E-state index contributed by atoms with van der Waals surface area (Å²) in [4.78, 5) is 14.5. The Labute approximate surface area is 105 Å². The van der Waals surface area contributed by atoms with E-state index >= 15 is 0 Å². The van der Waals surface area contributed by atoms with Gasteiger partial charge in [-0.05, 0) is 30.7 Å². The van der Waals surface area contributed by atoms with Crippen molar-refractivity contribution in [3.05, 3.63) is 24.0 Å². The highest BCUT2D eigenvalue weighted by Gasteiger charge is 2.45. The van der Waals surface area contributed by atoms with E-state index in [9.17, 15) is 9.90 Å². The minimum atomic E-state index is -0.719. The second kappa shape index (κ2) is 5.14. The molecule has 0 bridgehead atoms. The third kappa shape index (κ3) is 2.66. The molecule has 1 aliphatic carbocycles. The molecule has 3 N–H and O–H groups in total. The van der Waals surface area contributed by atoms with Crippen molar-refractivity contribution in [1.82, 2.24) is 10.3 Å². The summed E-state index contributed by atoms with van der Waals surface area (Å²) in [5.74, 6) is 0.841. The molecule has 1 fully saturated rings. The van der Waals surface area contributed by atoms with Crippen LogP contribution in [-0.4, -0.2) is 39.1 Å². The minimum absolute atomic E-state index is 0.157. The Bertz CT molecular complexity index is 380. The van der Waals surface area contributed by atoms with Crippen LogP contribution in [0.5, 0.6) is 0 Å². The molecule has 0 aromatic carbocycles. The molecular formula is C12H18N2O2S. The zero-order valence-corrected chi connectivity index (χ0v) is 10.7. The molecule has 1 heterocycles. The van der Waals surface area contributed by atoms with E-state index in [2.05, 4.69) is 17.2 Å². The molecule has 2 unspecified atom stereocenters. The molecule has 94 valence electrons. The SMILES string of the molecule is CCSC1CCC1(O)CNC(=O)c1ccc[nH]1. The van der Waals surface area contributed by atoms with Gasteiger partial charge in [-0.15, -0.1) is 0 Å². The van der Waals surface area contributed by atoms with Crippen molar-refractivity contribution in [3.8, 4) is 0 Å². The summed E-state index contributed by atoms with van der Waals surface area (Å²) in [5.41, 5.74) is -0.184. The van der Waals surface area contributed by atoms with Crippen LogP contribution in [0.3, 0.4) is 0 Å². The van der Waals surface area contributed by atoms with E-state index in [1.165, 1.54) is 0 Å². The molecule has 1 aliphatic rings. The summed E-state index contributed by atoms with van der Waals surface area (Å²) >= 11 is 1.77. The first-order valence-electron chi connectivity index (χ1n) is 5.91. The maximum Gasteiger partial charge on any atom is 0.267 e. The molecule has 0 aliphatic heterocycles. The fraction of sp³-hybridized carbons (Fsp3) is 0.583. The number of aromatic amines is 1. The lowest BCUT2D eigenvalue weighted by atomic mass is 9.79. The van der Waals surface area contributed by atoms with Crippen LogP contribution in [0.2, 0.25) is 0 Å². The molecule has 1 saturated carbocycles. The van der Waals surface area contributed by atoms with Crippen molar-refractivity contribution in [1.29, 1.82) is 0 Å². The number of aliphatic hydroxyl groups is 1. The second-order valence-corrected chi connectivity index (χ2v) is 5.83. The summed E-state index contributed by atoms with van der Waals surface area (Å²) < 4.78 is 0. The van der Waals surface area contributed by atoms with Crippen LogP contribution >= 0.6 is 11.8 Å². The molecule has 1 aromatic heterocycles. The van der Waals surface area contributed by atoms with Crippen LogP contribution in [0.15, 0.2) is 18.3 Å². The third-order valence-corrected chi connectivity index (χ3v) is 4.61. The molecule has 0 radical (unpaired) electrons. The van der Waals surface area contributed by atoms with Crippen LogP contribution in [0, 0.1) is 0 Å². The lowest BCUT2D eigenvalue weighted by Gasteiger charge is -2.45. The van der Waals surface area contributed by atoms with E-state index in [0.29, 0.717) is 12.2 Å². The average Bonchev–Trinajstić information content (AvgIpc) is 2.85. The quantitative estimate of drug-likeness (QED) is 0.744. The van der Waals surface area contributed by atoms with Gasteiger partial charge in [-0.2, -0.15) is 11.8 Å². The summed E-state index contributed by atoms with van der Waals surface area (Å²) in [6, 6.07) is 3.50. The number of carbonyl (C=O) groups excluding carboxylic acids is 1. The normalized spacial score (nSPS) is 27.5. The predicted octanol–water partition coefficient (Wildman–Crippen LogP) is 1.39. The van der Waals surface area contributed by atoms with Crippen molar-refractivity contribution in [2.45, 2.75) is 30.6 Å². The summed E-state index contributed by atoms with van der Waals surface area (Å²) in [5, 5.41) is 13.3. The first kappa shape index (κ1) is 12.5. The number of aromatic nitrogens is 1. The number of amides is 1. The van der Waals surface area contributed by atoms with Crippen LogP contribution < -0.4 is 5.32 Å².